The third kappa shape index (κ3) is 4.74. The summed E-state index contributed by atoms with van der Waals surface area (Å²) in [6.45, 7) is 0.913. The number of nitrogens with one attached hydrogen (secondary N) is 2. The van der Waals surface area contributed by atoms with Crippen molar-refractivity contribution in [3.8, 4) is 0 Å². The van der Waals surface area contributed by atoms with Gasteiger partial charge in [-0.15, -0.1) is 0 Å². The zero-order chi connectivity index (χ0) is 9.52. The van der Waals surface area contributed by atoms with Crippen LogP contribution in [0.2, 0.25) is 0 Å². The number of hydrogen-bond donors (Lipinski definition) is 2. The lowest BCUT2D eigenvalue weighted by molar-refractivity contribution is 0.515. The summed E-state index contributed by atoms with van der Waals surface area (Å²) in [5.74, 6) is 0. The number of benzene rings is 1. The van der Waals surface area contributed by atoms with Gasteiger partial charge in [-0.1, -0.05) is 30.3 Å². The van der Waals surface area contributed by atoms with E-state index >= 15 is 0 Å². The molecule has 0 saturated heterocycles. The van der Waals surface area contributed by atoms with E-state index in [-0.39, 0.29) is 6.67 Å². The molecule has 1 unspecified atom stereocenters. The molecule has 13 heavy (non-hydrogen) atoms. The lowest BCUT2D eigenvalue weighted by atomic mass is 10.2. The lowest BCUT2D eigenvalue weighted by Gasteiger charge is -2.08. The Balaban J connectivity index is 2.17. The molecule has 0 spiro atoms. The third-order valence-electron chi connectivity index (χ3n) is 1.49. The molecule has 0 saturated carbocycles. The highest BCUT2D eigenvalue weighted by Gasteiger charge is 1.88. The van der Waals surface area contributed by atoms with Crippen LogP contribution < -0.4 is 10.0 Å². The van der Waals surface area contributed by atoms with Crippen LogP contribution in [0.5, 0.6) is 0 Å². The molecule has 0 radical (unpaired) electrons. The van der Waals surface area contributed by atoms with Gasteiger partial charge >= 0.3 is 0 Å². The molecule has 5 heteroatoms. The van der Waals surface area contributed by atoms with Crippen molar-refractivity contribution in [3.05, 3.63) is 35.9 Å². The molecule has 1 aromatic rings. The molecule has 72 valence electrons. The largest absolute Gasteiger partial charge is 0.760 e. The lowest BCUT2D eigenvalue weighted by Crippen LogP contribution is -2.29. The van der Waals surface area contributed by atoms with E-state index in [9.17, 15) is 8.76 Å². The molecule has 0 aliphatic carbocycles. The van der Waals surface area contributed by atoms with Gasteiger partial charge in [-0.05, 0) is 5.56 Å². The van der Waals surface area contributed by atoms with Gasteiger partial charge in [-0.3, -0.25) is 9.53 Å². The summed E-state index contributed by atoms with van der Waals surface area (Å²) in [7, 11) is 0. The standard InChI is InChI=1S/C8H12N2O2S/c11-13(12)10-7-9-6-8-4-2-1-3-5-8/h1-5,9-10H,6-7H2,(H,11,12)/p-1. The van der Waals surface area contributed by atoms with Crippen molar-refractivity contribution in [1.29, 1.82) is 0 Å². The molecule has 2 N–H and O–H groups in total. The first kappa shape index (κ1) is 10.3. The average Bonchev–Trinajstić information content (AvgIpc) is 2.14. The third-order valence-corrected chi connectivity index (χ3v) is 1.87. The number of rotatable bonds is 5. The zero-order valence-electron chi connectivity index (χ0n) is 7.03. The molecule has 1 atom stereocenters. The maximum atomic E-state index is 10.1. The van der Waals surface area contributed by atoms with Gasteiger partial charge in [0.05, 0.1) is 6.67 Å². The maximum Gasteiger partial charge on any atom is 0.0567 e. The van der Waals surface area contributed by atoms with Crippen molar-refractivity contribution < 1.29 is 8.76 Å². The van der Waals surface area contributed by atoms with Crippen molar-refractivity contribution in [1.82, 2.24) is 10.0 Å². The minimum Gasteiger partial charge on any atom is -0.760 e. The Morgan fingerprint density at radius 2 is 2.00 bits per heavy atom. The van der Waals surface area contributed by atoms with Crippen LogP contribution >= 0.6 is 0 Å². The summed E-state index contributed by atoms with van der Waals surface area (Å²) in [5, 5.41) is 2.93. The average molecular weight is 199 g/mol. The summed E-state index contributed by atoms with van der Waals surface area (Å²) in [4.78, 5) is 0. The molecular formula is C8H11N2O2S-. The van der Waals surface area contributed by atoms with E-state index in [1.807, 2.05) is 30.3 Å². The fourth-order valence-electron chi connectivity index (χ4n) is 0.913. The van der Waals surface area contributed by atoms with Gasteiger partial charge in [0.2, 0.25) is 0 Å². The summed E-state index contributed by atoms with van der Waals surface area (Å²) < 4.78 is 22.3. The second kappa shape index (κ2) is 5.82. The van der Waals surface area contributed by atoms with E-state index in [1.165, 1.54) is 0 Å². The van der Waals surface area contributed by atoms with Crippen molar-refractivity contribution in [3.63, 3.8) is 0 Å². The summed E-state index contributed by atoms with van der Waals surface area (Å²) in [5.41, 5.74) is 1.13. The van der Waals surface area contributed by atoms with Crippen molar-refractivity contribution in [2.75, 3.05) is 6.67 Å². The Bertz CT molecular complexity index is 266. The smallest absolute Gasteiger partial charge is 0.0567 e. The molecule has 0 aliphatic rings. The van der Waals surface area contributed by atoms with Gasteiger partial charge in [0.25, 0.3) is 0 Å². The Hall–Kier alpha value is -0.750. The van der Waals surface area contributed by atoms with Crippen LogP contribution in [0.15, 0.2) is 30.3 Å². The van der Waals surface area contributed by atoms with Gasteiger partial charge in [0, 0.05) is 17.8 Å². The van der Waals surface area contributed by atoms with Gasteiger partial charge in [0.15, 0.2) is 0 Å². The molecule has 1 rings (SSSR count). The van der Waals surface area contributed by atoms with Gasteiger partial charge < -0.3 is 4.55 Å². The van der Waals surface area contributed by atoms with E-state index in [4.69, 9.17) is 0 Å². The Morgan fingerprint density at radius 1 is 1.31 bits per heavy atom. The van der Waals surface area contributed by atoms with E-state index in [1.54, 1.807) is 0 Å². The highest BCUT2D eigenvalue weighted by Crippen LogP contribution is 1.96. The van der Waals surface area contributed by atoms with Crippen molar-refractivity contribution in [2.45, 2.75) is 6.54 Å². The fraction of sp³-hybridized carbons (Fsp3) is 0.250. The first-order valence-electron chi connectivity index (χ1n) is 3.86. The van der Waals surface area contributed by atoms with Gasteiger partial charge in [0.1, 0.15) is 0 Å². The molecule has 0 aliphatic heterocycles. The fourth-order valence-corrected chi connectivity index (χ4v) is 1.13. The summed E-state index contributed by atoms with van der Waals surface area (Å²) in [6, 6.07) is 9.77. The summed E-state index contributed by atoms with van der Waals surface area (Å²) >= 11 is -2.19. The predicted molar refractivity (Wildman–Crippen MR) is 50.2 cm³/mol. The monoisotopic (exact) mass is 199 g/mol. The van der Waals surface area contributed by atoms with Crippen LogP contribution in [-0.4, -0.2) is 15.4 Å². The Labute approximate surface area is 79.8 Å². The minimum absolute atomic E-state index is 0.255. The zero-order valence-corrected chi connectivity index (χ0v) is 7.84. The van der Waals surface area contributed by atoms with Crippen LogP contribution in [0.25, 0.3) is 0 Å². The van der Waals surface area contributed by atoms with Crippen LogP contribution in [-0.2, 0) is 17.8 Å². The van der Waals surface area contributed by atoms with Crippen molar-refractivity contribution >= 4 is 11.3 Å². The van der Waals surface area contributed by atoms with Gasteiger partial charge in [-0.2, -0.15) is 0 Å². The van der Waals surface area contributed by atoms with Crippen LogP contribution in [0.1, 0.15) is 5.56 Å². The molecule has 1 aromatic carbocycles. The minimum atomic E-state index is -2.19. The van der Waals surface area contributed by atoms with E-state index < -0.39 is 11.3 Å². The van der Waals surface area contributed by atoms with E-state index in [0.29, 0.717) is 6.54 Å². The molecule has 0 aromatic heterocycles. The predicted octanol–water partition coefficient (Wildman–Crippen LogP) is 0.117. The molecule has 0 amide bonds. The van der Waals surface area contributed by atoms with Crippen LogP contribution in [0, 0.1) is 0 Å². The number of hydrogen-bond acceptors (Lipinski definition) is 3. The quantitative estimate of drug-likeness (QED) is 0.402. The second-order valence-corrected chi connectivity index (χ2v) is 3.23. The summed E-state index contributed by atoms with van der Waals surface area (Å²) in [6.07, 6.45) is 0. The molecule has 0 heterocycles. The Morgan fingerprint density at radius 3 is 2.62 bits per heavy atom. The van der Waals surface area contributed by atoms with Crippen LogP contribution in [0.3, 0.4) is 0 Å². The topological polar surface area (TPSA) is 64.2 Å². The second-order valence-electron chi connectivity index (χ2n) is 2.47. The normalized spacial score (nSPS) is 12.7. The van der Waals surface area contributed by atoms with E-state index in [2.05, 4.69) is 10.0 Å². The molecule has 0 fully saturated rings. The van der Waals surface area contributed by atoms with Crippen LogP contribution in [0.4, 0.5) is 0 Å². The highest BCUT2D eigenvalue weighted by molar-refractivity contribution is 7.77. The van der Waals surface area contributed by atoms with E-state index in [0.717, 1.165) is 5.56 Å². The SMILES string of the molecule is O=S([O-])NCNCc1ccccc1. The first-order valence-corrected chi connectivity index (χ1v) is 4.94. The first-order chi connectivity index (χ1) is 6.29. The highest BCUT2D eigenvalue weighted by atomic mass is 32.2. The molecule has 0 bridgehead atoms. The Kier molecular flexibility index (Phi) is 4.63. The molecular weight excluding hydrogens is 188 g/mol. The maximum absolute atomic E-state index is 10.1. The van der Waals surface area contributed by atoms with Gasteiger partial charge in [-0.25, -0.2) is 4.72 Å². The molecule has 4 nitrogen and oxygen atoms in total. The van der Waals surface area contributed by atoms with Crippen molar-refractivity contribution in [2.24, 2.45) is 0 Å².